The van der Waals surface area contributed by atoms with Crippen LogP contribution >= 0.6 is 35.3 Å². The first-order valence-corrected chi connectivity index (χ1v) is 8.12. The molecule has 1 aromatic heterocycles. The quantitative estimate of drug-likeness (QED) is 0.445. The number of amides is 1. The standard InChI is InChI=1S/C14H23N5OS.HI/c1-4-15-14(17-10-13-16-9-11(2)21-13)19-7-5-18(6-8-19)12(3)20;/h9H,4-8,10H2,1-3H3,(H,15,17);1H. The summed E-state index contributed by atoms with van der Waals surface area (Å²) in [6.45, 7) is 10.3. The van der Waals surface area contributed by atoms with Gasteiger partial charge in [0.05, 0.1) is 6.54 Å². The number of hydrogen-bond acceptors (Lipinski definition) is 4. The molecule has 1 saturated heterocycles. The average Bonchev–Trinajstić information content (AvgIpc) is 2.89. The van der Waals surface area contributed by atoms with Gasteiger partial charge in [0.25, 0.3) is 0 Å². The van der Waals surface area contributed by atoms with Crippen LogP contribution < -0.4 is 5.32 Å². The van der Waals surface area contributed by atoms with Gasteiger partial charge in [-0.15, -0.1) is 35.3 Å². The second-order valence-electron chi connectivity index (χ2n) is 5.03. The summed E-state index contributed by atoms with van der Waals surface area (Å²) < 4.78 is 0. The van der Waals surface area contributed by atoms with Gasteiger partial charge >= 0.3 is 0 Å². The molecule has 0 unspecified atom stereocenters. The Kier molecular flexibility index (Phi) is 8.08. The Labute approximate surface area is 153 Å². The first kappa shape index (κ1) is 19.1. The highest BCUT2D eigenvalue weighted by Gasteiger charge is 2.20. The highest BCUT2D eigenvalue weighted by atomic mass is 127. The van der Waals surface area contributed by atoms with Crippen LogP contribution in [0.5, 0.6) is 0 Å². The first-order chi connectivity index (χ1) is 10.1. The lowest BCUT2D eigenvalue weighted by Crippen LogP contribution is -2.53. The highest BCUT2D eigenvalue weighted by molar-refractivity contribution is 14.0. The van der Waals surface area contributed by atoms with E-state index in [0.29, 0.717) is 6.54 Å². The first-order valence-electron chi connectivity index (χ1n) is 7.30. The number of rotatable bonds is 3. The Morgan fingerprint density at radius 1 is 1.36 bits per heavy atom. The summed E-state index contributed by atoms with van der Waals surface area (Å²) >= 11 is 1.68. The van der Waals surface area contributed by atoms with Gasteiger partial charge in [-0.25, -0.2) is 9.98 Å². The smallest absolute Gasteiger partial charge is 0.219 e. The van der Waals surface area contributed by atoms with Crippen LogP contribution in [0.25, 0.3) is 0 Å². The molecule has 1 amide bonds. The molecule has 1 aliphatic rings. The van der Waals surface area contributed by atoms with Gasteiger partial charge in [-0.3, -0.25) is 4.79 Å². The fourth-order valence-corrected chi connectivity index (χ4v) is 2.99. The van der Waals surface area contributed by atoms with E-state index in [1.807, 2.05) is 11.1 Å². The summed E-state index contributed by atoms with van der Waals surface area (Å²) in [4.78, 5) is 25.7. The van der Waals surface area contributed by atoms with Gasteiger partial charge < -0.3 is 15.1 Å². The zero-order chi connectivity index (χ0) is 15.2. The molecule has 124 valence electrons. The van der Waals surface area contributed by atoms with Crippen molar-refractivity contribution in [3.05, 3.63) is 16.1 Å². The number of thiazole rings is 1. The molecule has 0 saturated carbocycles. The largest absolute Gasteiger partial charge is 0.357 e. The maximum absolute atomic E-state index is 11.4. The van der Waals surface area contributed by atoms with E-state index < -0.39 is 0 Å². The number of aromatic nitrogens is 1. The van der Waals surface area contributed by atoms with Crippen molar-refractivity contribution in [3.8, 4) is 0 Å². The van der Waals surface area contributed by atoms with Crippen LogP contribution in [0.15, 0.2) is 11.2 Å². The number of halogens is 1. The van der Waals surface area contributed by atoms with Crippen molar-refractivity contribution in [2.24, 2.45) is 4.99 Å². The van der Waals surface area contributed by atoms with Crippen LogP contribution in [-0.2, 0) is 11.3 Å². The molecule has 22 heavy (non-hydrogen) atoms. The highest BCUT2D eigenvalue weighted by Crippen LogP contribution is 2.12. The number of piperazine rings is 1. The molecule has 0 atom stereocenters. The molecule has 1 fully saturated rings. The van der Waals surface area contributed by atoms with E-state index in [4.69, 9.17) is 0 Å². The predicted molar refractivity (Wildman–Crippen MR) is 101 cm³/mol. The summed E-state index contributed by atoms with van der Waals surface area (Å²) in [5.41, 5.74) is 0. The molecular formula is C14H24IN5OS. The predicted octanol–water partition coefficient (Wildman–Crippen LogP) is 1.70. The number of guanidine groups is 1. The van der Waals surface area contributed by atoms with Crippen molar-refractivity contribution in [1.29, 1.82) is 0 Å². The number of carbonyl (C=O) groups excluding carboxylic acids is 1. The summed E-state index contributed by atoms with van der Waals surface area (Å²) in [5, 5.41) is 4.36. The van der Waals surface area contributed by atoms with Gasteiger partial charge in [0.1, 0.15) is 5.01 Å². The molecule has 0 radical (unpaired) electrons. The number of aliphatic imine (C=N–C) groups is 1. The van der Waals surface area contributed by atoms with Crippen molar-refractivity contribution < 1.29 is 4.79 Å². The van der Waals surface area contributed by atoms with Gasteiger partial charge in [0.2, 0.25) is 5.91 Å². The maximum atomic E-state index is 11.4. The minimum Gasteiger partial charge on any atom is -0.357 e. The van der Waals surface area contributed by atoms with Crippen molar-refractivity contribution in [1.82, 2.24) is 20.1 Å². The minimum atomic E-state index is 0. The molecule has 1 aromatic rings. The number of nitrogens with one attached hydrogen (secondary N) is 1. The zero-order valence-electron chi connectivity index (χ0n) is 13.3. The molecule has 0 aromatic carbocycles. The fourth-order valence-electron chi connectivity index (χ4n) is 2.28. The minimum absolute atomic E-state index is 0. The summed E-state index contributed by atoms with van der Waals surface area (Å²) in [6, 6.07) is 0. The van der Waals surface area contributed by atoms with Crippen LogP contribution in [0.4, 0.5) is 0 Å². The molecule has 0 aliphatic carbocycles. The van der Waals surface area contributed by atoms with Crippen molar-refractivity contribution in [2.45, 2.75) is 27.3 Å². The number of carbonyl (C=O) groups is 1. The van der Waals surface area contributed by atoms with Crippen molar-refractivity contribution in [2.75, 3.05) is 32.7 Å². The molecule has 1 N–H and O–H groups in total. The molecule has 6 nitrogen and oxygen atoms in total. The Morgan fingerprint density at radius 2 is 2.00 bits per heavy atom. The lowest BCUT2D eigenvalue weighted by atomic mass is 10.3. The van der Waals surface area contributed by atoms with E-state index in [1.54, 1.807) is 18.3 Å². The Balaban J connectivity index is 0.00000242. The van der Waals surface area contributed by atoms with E-state index >= 15 is 0 Å². The van der Waals surface area contributed by atoms with Crippen LogP contribution in [-0.4, -0.2) is 59.4 Å². The van der Waals surface area contributed by atoms with E-state index in [-0.39, 0.29) is 29.9 Å². The lowest BCUT2D eigenvalue weighted by Gasteiger charge is -2.36. The number of hydrogen-bond donors (Lipinski definition) is 1. The van der Waals surface area contributed by atoms with Crippen LogP contribution in [0.2, 0.25) is 0 Å². The third kappa shape index (κ3) is 5.38. The van der Waals surface area contributed by atoms with E-state index in [9.17, 15) is 4.79 Å². The zero-order valence-corrected chi connectivity index (χ0v) is 16.5. The van der Waals surface area contributed by atoms with Gasteiger partial charge in [0, 0.05) is 50.7 Å². The molecule has 2 heterocycles. The van der Waals surface area contributed by atoms with E-state index in [1.165, 1.54) is 4.88 Å². The summed E-state index contributed by atoms with van der Waals surface area (Å²) in [6.07, 6.45) is 1.88. The third-order valence-electron chi connectivity index (χ3n) is 3.39. The fraction of sp³-hybridized carbons (Fsp3) is 0.643. The SMILES string of the molecule is CCNC(=NCc1ncc(C)s1)N1CCN(C(C)=O)CC1.I. The van der Waals surface area contributed by atoms with Gasteiger partial charge in [0.15, 0.2) is 5.96 Å². The van der Waals surface area contributed by atoms with E-state index in [2.05, 4.69) is 34.0 Å². The maximum Gasteiger partial charge on any atom is 0.219 e. The lowest BCUT2D eigenvalue weighted by molar-refractivity contribution is -0.130. The Morgan fingerprint density at radius 3 is 2.50 bits per heavy atom. The molecule has 1 aliphatic heterocycles. The second kappa shape index (κ2) is 9.29. The van der Waals surface area contributed by atoms with Gasteiger partial charge in [-0.1, -0.05) is 0 Å². The Hall–Kier alpha value is -0.900. The van der Waals surface area contributed by atoms with Gasteiger partial charge in [-0.05, 0) is 13.8 Å². The summed E-state index contributed by atoms with van der Waals surface area (Å²) in [5.74, 6) is 1.06. The van der Waals surface area contributed by atoms with Crippen LogP contribution in [0.3, 0.4) is 0 Å². The van der Waals surface area contributed by atoms with Gasteiger partial charge in [-0.2, -0.15) is 0 Å². The molecule has 8 heteroatoms. The average molecular weight is 437 g/mol. The molecular weight excluding hydrogens is 413 g/mol. The summed E-state index contributed by atoms with van der Waals surface area (Å²) in [7, 11) is 0. The molecule has 0 spiro atoms. The molecule has 2 rings (SSSR count). The number of nitrogens with zero attached hydrogens (tertiary/aromatic N) is 4. The molecule has 0 bridgehead atoms. The third-order valence-corrected chi connectivity index (χ3v) is 4.29. The van der Waals surface area contributed by atoms with Crippen molar-refractivity contribution in [3.63, 3.8) is 0 Å². The normalized spacial score (nSPS) is 15.5. The van der Waals surface area contributed by atoms with Crippen LogP contribution in [0.1, 0.15) is 23.7 Å². The van der Waals surface area contributed by atoms with Crippen molar-refractivity contribution >= 4 is 47.2 Å². The second-order valence-corrected chi connectivity index (χ2v) is 6.35. The Bertz CT molecular complexity index is 511. The van der Waals surface area contributed by atoms with E-state index in [0.717, 1.165) is 43.7 Å². The number of aryl methyl sites for hydroxylation is 1. The van der Waals surface area contributed by atoms with Crippen LogP contribution in [0, 0.1) is 6.92 Å². The monoisotopic (exact) mass is 437 g/mol. The topological polar surface area (TPSA) is 60.8 Å².